The Labute approximate surface area is 865 Å². The Hall–Kier alpha value is -12.7. The topological polar surface area (TPSA) is 460 Å². The van der Waals surface area contributed by atoms with E-state index >= 15 is 0 Å². The number of aliphatic hydroxyl groups is 4. The Bertz CT molecular complexity index is 6660. The molecule has 20 rings (SSSR count). The van der Waals surface area contributed by atoms with Crippen LogP contribution >= 0.6 is 0 Å². The number of likely N-dealkylation sites (N-methyl/N-ethyl adjacent to an activating group) is 2. The lowest BCUT2D eigenvalue weighted by Crippen LogP contribution is -2.81. The van der Waals surface area contributed by atoms with Gasteiger partial charge < -0.3 is 73.4 Å². The van der Waals surface area contributed by atoms with E-state index < -0.39 is 119 Å². The molecular weight excluding hydrogens is 1910 g/mol. The normalized spacial score (nSPS) is 31.9. The molecular formula is C113H137N11O25. The molecule has 794 valence electrons. The van der Waals surface area contributed by atoms with Crippen molar-refractivity contribution in [2.75, 3.05) is 138 Å². The highest BCUT2D eigenvalue weighted by atomic mass is 16.6. The number of imide groups is 1. The summed E-state index contributed by atoms with van der Waals surface area (Å²) < 4.78 is 42.1. The van der Waals surface area contributed by atoms with Crippen LogP contribution in [0.25, 0.3) is 21.8 Å². The minimum Gasteiger partial charge on any atom is -0.497 e. The maximum Gasteiger partial charge on any atom is 0.373 e. The molecule has 11 aliphatic heterocycles. The van der Waals surface area contributed by atoms with E-state index in [0.717, 1.165) is 122 Å². The number of ketones is 2. The number of ether oxygens (including phenoxy) is 7. The molecule has 2 aromatic heterocycles. The van der Waals surface area contributed by atoms with Gasteiger partial charge in [-0.25, -0.2) is 9.59 Å². The molecule has 13 heterocycles. The van der Waals surface area contributed by atoms with Crippen molar-refractivity contribution in [3.05, 3.63) is 187 Å². The van der Waals surface area contributed by atoms with Gasteiger partial charge in [0.25, 0.3) is 17.5 Å². The Morgan fingerprint density at radius 3 is 1.47 bits per heavy atom. The number of hydrogen-bond acceptors (Lipinski definition) is 32. The van der Waals surface area contributed by atoms with E-state index in [1.165, 1.54) is 57.9 Å². The van der Waals surface area contributed by atoms with Gasteiger partial charge in [-0.1, -0.05) is 70.6 Å². The molecule has 36 heteroatoms. The number of hydrogen-bond donors (Lipinski definition) is 6. The van der Waals surface area contributed by atoms with Gasteiger partial charge in [0.2, 0.25) is 11.2 Å². The number of fused-ring (bicyclic) bond motifs is 12. The average molecular weight is 2050 g/mol. The van der Waals surface area contributed by atoms with Crippen molar-refractivity contribution in [3.8, 4) is 17.2 Å². The number of nitrogens with zero attached hydrogens (tertiary/aromatic N) is 9. The predicted octanol–water partition coefficient (Wildman–Crippen LogP) is 10.3. The SMILES string of the molecule is CC[C@]1(O)C[C@H]2CN(CCc3c([nH]c4ccc(C=NCC(=O)c5ccc(CC(=O)CCCCCN6C(=O)C=CC6=O)cc5[N+](=O)[O-])cc34)[C@@](C)(c3cc4c(cc3OC)N(C)[C@H]3[C@@](O)(C(=O)OC)[C@H](OC(C)=O)[C@]5(CC)C=CCN6CC[C@]43[C@@H]65)C2)C1.CC[C@]1(O)C[C@H]2CN(CCc3c([nH]c4ccc(OC)cc34)[C@@](C)(c3cc4c(cc3OC)N(C)[C@H]3[C@@](O)(C(=O)OC)[C@H](OC(C)=O)[C@]5(CC)C=CCN6CC[C@]43[C@@H]65)C2)C1.O=C=O.O=C=O. The molecule has 2 unspecified atom stereocenters. The second-order valence-electron chi connectivity index (χ2n) is 43.8. The van der Waals surface area contributed by atoms with Gasteiger partial charge in [-0.2, -0.15) is 19.2 Å². The highest BCUT2D eigenvalue weighted by Gasteiger charge is 2.83. The number of piperidine rings is 2. The largest absolute Gasteiger partial charge is 0.497 e. The first kappa shape index (κ1) is 108. The molecule has 4 bridgehead atoms. The van der Waals surface area contributed by atoms with Crippen molar-refractivity contribution < 1.29 is 116 Å². The number of amides is 2. The van der Waals surface area contributed by atoms with Crippen LogP contribution in [0.15, 0.2) is 120 Å². The first-order valence-electron chi connectivity index (χ1n) is 51.9. The van der Waals surface area contributed by atoms with Crippen molar-refractivity contribution in [1.82, 2.24) is 34.5 Å². The second kappa shape index (κ2) is 41.2. The van der Waals surface area contributed by atoms with Crippen LogP contribution in [0, 0.1) is 32.8 Å². The summed E-state index contributed by atoms with van der Waals surface area (Å²) in [4.78, 5) is 177. The molecule has 5 aromatic carbocycles. The number of unbranched alkanes of at least 4 members (excludes halogenated alkanes) is 2. The molecule has 2 amide bonds. The van der Waals surface area contributed by atoms with Crippen LogP contribution in [0.2, 0.25) is 0 Å². The summed E-state index contributed by atoms with van der Waals surface area (Å²) in [5.41, 5.74) is 1.39. The fourth-order valence-electron chi connectivity index (χ4n) is 30.2. The van der Waals surface area contributed by atoms with E-state index in [2.05, 4.69) is 117 Å². The minimum atomic E-state index is -2.31. The number of benzene rings is 5. The van der Waals surface area contributed by atoms with Gasteiger partial charge in [-0.05, 0) is 211 Å². The summed E-state index contributed by atoms with van der Waals surface area (Å²) in [6.07, 6.45) is 19.9. The lowest BCUT2D eigenvalue weighted by molar-refractivity contribution is -0.385. The van der Waals surface area contributed by atoms with E-state index in [1.54, 1.807) is 33.6 Å². The summed E-state index contributed by atoms with van der Waals surface area (Å²) in [6, 6.07) is 22.9. The van der Waals surface area contributed by atoms with Crippen LogP contribution in [0.5, 0.6) is 17.2 Å². The van der Waals surface area contributed by atoms with Crippen molar-refractivity contribution in [2.45, 2.75) is 245 Å². The Morgan fingerprint density at radius 1 is 0.564 bits per heavy atom. The number of methoxy groups -OCH3 is 5. The van der Waals surface area contributed by atoms with Crippen LogP contribution in [-0.4, -0.2) is 313 Å². The summed E-state index contributed by atoms with van der Waals surface area (Å²) in [7, 11) is 11.4. The average Bonchev–Trinajstić information content (AvgIpc) is 1.49. The lowest BCUT2D eigenvalue weighted by Gasteiger charge is -2.63. The van der Waals surface area contributed by atoms with E-state index in [1.807, 2.05) is 68.1 Å². The molecule has 2 aliphatic carbocycles. The number of carbonyl (C=O) groups is 8. The Morgan fingerprint density at radius 2 is 1.03 bits per heavy atom. The second-order valence-corrected chi connectivity index (χ2v) is 43.8. The zero-order valence-corrected chi connectivity index (χ0v) is 87.6. The van der Waals surface area contributed by atoms with Gasteiger partial charge in [0.05, 0.1) is 69.3 Å². The lowest BCUT2D eigenvalue weighted by atomic mass is 9.47. The van der Waals surface area contributed by atoms with Crippen molar-refractivity contribution in [3.63, 3.8) is 0 Å². The number of nitro benzene ring substituents is 1. The number of anilines is 2. The van der Waals surface area contributed by atoms with Gasteiger partial charge in [-0.3, -0.25) is 68.4 Å². The maximum absolute atomic E-state index is 14.6. The Balaban J connectivity index is 0.000000205. The molecule has 6 fully saturated rings. The third-order valence-electron chi connectivity index (χ3n) is 35.9. The monoisotopic (exact) mass is 2050 g/mol. The van der Waals surface area contributed by atoms with E-state index in [0.29, 0.717) is 145 Å². The number of carbonyl (C=O) groups excluding carboxylic acids is 12. The highest BCUT2D eigenvalue weighted by Crippen LogP contribution is 2.71. The highest BCUT2D eigenvalue weighted by molar-refractivity contribution is 6.13. The molecule has 0 radical (unpaired) electrons. The van der Waals surface area contributed by atoms with Crippen LogP contribution in [-0.2, 0) is 113 Å². The number of esters is 4. The van der Waals surface area contributed by atoms with E-state index in [9.17, 15) is 68.9 Å². The number of Topliss-reactive ketones (excluding diaryl/α,β-unsaturated/α-hetero) is 2. The van der Waals surface area contributed by atoms with Crippen LogP contribution < -0.4 is 24.0 Å². The number of aromatic nitrogens is 2. The van der Waals surface area contributed by atoms with Crippen LogP contribution in [0.4, 0.5) is 17.1 Å². The van der Waals surface area contributed by atoms with Crippen molar-refractivity contribution in [1.29, 1.82) is 0 Å². The van der Waals surface area contributed by atoms with Crippen LogP contribution in [0.1, 0.15) is 212 Å². The van der Waals surface area contributed by atoms with Gasteiger partial charge in [0, 0.05) is 237 Å². The zero-order valence-electron chi connectivity index (χ0n) is 87.6. The van der Waals surface area contributed by atoms with Crippen molar-refractivity contribution >= 4 is 105 Å². The number of aliphatic imine (C=N–C) groups is 1. The first-order valence-corrected chi connectivity index (χ1v) is 51.9. The molecule has 36 nitrogen and oxygen atoms in total. The molecule has 6 N–H and O–H groups in total. The Kier molecular flexibility index (Phi) is 29.7. The zero-order chi connectivity index (χ0) is 107. The minimum absolute atomic E-state index is 0.0503. The van der Waals surface area contributed by atoms with Gasteiger partial charge >= 0.3 is 36.2 Å². The van der Waals surface area contributed by atoms with Crippen LogP contribution in [0.3, 0.4) is 0 Å². The summed E-state index contributed by atoms with van der Waals surface area (Å²) >= 11 is 0. The fourth-order valence-corrected chi connectivity index (χ4v) is 30.2. The predicted molar refractivity (Wildman–Crippen MR) is 548 cm³/mol. The third kappa shape index (κ3) is 17.6. The molecule has 2 saturated carbocycles. The van der Waals surface area contributed by atoms with Gasteiger partial charge in [0.1, 0.15) is 29.6 Å². The number of nitro groups is 1. The third-order valence-corrected chi connectivity index (χ3v) is 35.9. The summed E-state index contributed by atoms with van der Waals surface area (Å²) in [5, 5.41) is 65.4. The maximum atomic E-state index is 14.6. The molecule has 13 aliphatic rings. The standard InChI is InChI=1S/C65H77N7O13.C46H60N4O8.2CO2/c1-8-62(79)34-42-33-61(4,48-31-47-51(32-53(48)83-6)68(5)58-64(47)23-27-70-24-13-22-63(9-2,57(64)70)59(85-39(3)73)65(58,80)60(78)84-7)56-44(21-26-69(37-42)38-62)46-29-41(16-18-49(46)67-56)35-66-36-52(75)45-17-15-40(30-50(45)72(81)82)28-43(74)14-11-10-12-25-71-54(76)19-20-55(71)77;1-9-43(53)24-28-23-42(4,37-30(14-18-49(25-28)26-43)31-20-29(55-6)12-13-34(31)47-37)33-21-32-35(22-36(33)56-7)48(5)39-45(32)16-19-50-17-11-15-44(10-2,38(45)50)40(58-27(3)51)46(39,54)41(52)57-8;2*2-1-3/h13,15-20,22,29-32,35,42,57-59,67,79-80H,8-12,14,21,23-28,33-34,36-38H2,1-7H3;11-13,15,20-22,28,38-40,47,53-54H,9-10,14,16-19,23-26H2,1-8H3;;/t42-,57-,58+,59+,61+,62-,63+,64+,65-;28-,38-,39+,40+,42+,43-,44+,45+,46-;;/m00../s1. The molecule has 20 atom stereocenters. The first-order chi connectivity index (χ1) is 71.1. The smallest absolute Gasteiger partial charge is 0.373 e. The van der Waals surface area contributed by atoms with Gasteiger partial charge in [0.15, 0.2) is 18.0 Å². The van der Waals surface area contributed by atoms with Crippen molar-refractivity contribution in [2.24, 2.45) is 27.7 Å². The number of nitrogens with one attached hydrogen (secondary N) is 2. The number of H-pyrrole nitrogens is 2. The van der Waals surface area contributed by atoms with E-state index in [4.69, 9.17) is 52.3 Å². The van der Waals surface area contributed by atoms with E-state index in [-0.39, 0.29) is 85.3 Å². The quantitative estimate of drug-likeness (QED) is 0.00338. The summed E-state index contributed by atoms with van der Waals surface area (Å²) in [5.74, 6) is -1.89. The number of rotatable bonds is 26. The number of aromatic amines is 2. The molecule has 2 spiro atoms. The van der Waals surface area contributed by atoms with Gasteiger partial charge in [-0.15, -0.1) is 0 Å². The molecule has 7 aromatic rings. The molecule has 4 saturated heterocycles. The fraction of sp³-hybridized carbons (Fsp3) is 0.549. The molecule has 149 heavy (non-hydrogen) atoms. The summed E-state index contributed by atoms with van der Waals surface area (Å²) in [6.45, 7) is 22.4.